The van der Waals surface area contributed by atoms with Crippen molar-refractivity contribution in [1.29, 1.82) is 0 Å². The molecule has 2 N–H and O–H groups in total. The number of amides is 1. The molecule has 0 unspecified atom stereocenters. The molecule has 172 valence electrons. The lowest BCUT2D eigenvalue weighted by molar-refractivity contribution is 0.0766. The van der Waals surface area contributed by atoms with Crippen molar-refractivity contribution in [1.82, 2.24) is 19.4 Å². The number of rotatable bonds is 5. The summed E-state index contributed by atoms with van der Waals surface area (Å²) in [5.41, 5.74) is 1.61. The van der Waals surface area contributed by atoms with E-state index in [1.165, 1.54) is 6.33 Å². The van der Waals surface area contributed by atoms with Crippen LogP contribution in [-0.4, -0.2) is 38.6 Å². The van der Waals surface area contributed by atoms with Crippen molar-refractivity contribution < 1.29 is 4.79 Å². The van der Waals surface area contributed by atoms with Gasteiger partial charge in [-0.15, -0.1) is 0 Å². The molecule has 4 aromatic rings. The van der Waals surface area contributed by atoms with Gasteiger partial charge in [-0.3, -0.25) is 14.2 Å². The Bertz CT molecular complexity index is 1450. The van der Waals surface area contributed by atoms with Crippen LogP contribution in [0.3, 0.4) is 0 Å². The summed E-state index contributed by atoms with van der Waals surface area (Å²) in [5.74, 6) is 0.758. The van der Waals surface area contributed by atoms with Crippen molar-refractivity contribution in [3.05, 3.63) is 87.6 Å². The first-order valence-electron chi connectivity index (χ1n) is 11.0. The summed E-state index contributed by atoms with van der Waals surface area (Å²) in [5, 5.41) is 8.12. The van der Waals surface area contributed by atoms with Gasteiger partial charge in [0.25, 0.3) is 11.5 Å². The zero-order chi connectivity index (χ0) is 23.8. The third-order valence-electron chi connectivity index (χ3n) is 6.00. The number of carbonyl (C=O) groups excluding carboxylic acids is 1. The maximum atomic E-state index is 13.6. The number of aromatic nitrogens is 3. The highest BCUT2D eigenvalue weighted by molar-refractivity contribution is 6.35. The molecular weight excluding hydrogens is 452 g/mol. The summed E-state index contributed by atoms with van der Waals surface area (Å²) in [6.07, 6.45) is 1.42. The fourth-order valence-corrected chi connectivity index (χ4v) is 4.53. The Hall–Kier alpha value is -3.91. The van der Waals surface area contributed by atoms with Crippen LogP contribution in [0.15, 0.2) is 65.7 Å². The van der Waals surface area contributed by atoms with Crippen molar-refractivity contribution in [3.63, 3.8) is 0 Å². The Morgan fingerprint density at radius 2 is 1.91 bits per heavy atom. The van der Waals surface area contributed by atoms with Crippen molar-refractivity contribution >= 4 is 39.9 Å². The van der Waals surface area contributed by atoms with Crippen LogP contribution in [0, 0.1) is 0 Å². The van der Waals surface area contributed by atoms with Crippen LogP contribution in [0.2, 0.25) is 5.02 Å². The van der Waals surface area contributed by atoms with Crippen molar-refractivity contribution in [2.75, 3.05) is 23.8 Å². The summed E-state index contributed by atoms with van der Waals surface area (Å²) >= 11 is 6.41. The van der Waals surface area contributed by atoms with Gasteiger partial charge in [-0.25, -0.2) is 9.97 Å². The van der Waals surface area contributed by atoms with E-state index in [-0.39, 0.29) is 17.5 Å². The van der Waals surface area contributed by atoms with Crippen molar-refractivity contribution in [3.8, 4) is 5.69 Å². The van der Waals surface area contributed by atoms with Crippen LogP contribution >= 0.6 is 11.6 Å². The van der Waals surface area contributed by atoms with E-state index in [0.29, 0.717) is 46.5 Å². The molecule has 9 heteroatoms. The minimum absolute atomic E-state index is 0.141. The van der Waals surface area contributed by atoms with Gasteiger partial charge in [0, 0.05) is 17.9 Å². The molecule has 5 rings (SSSR count). The molecular formula is C25H23ClN6O2. The second-order valence-electron chi connectivity index (χ2n) is 8.06. The van der Waals surface area contributed by atoms with E-state index in [1.807, 2.05) is 62.4 Å². The summed E-state index contributed by atoms with van der Waals surface area (Å²) in [4.78, 5) is 37.0. The number of nitrogens with zero attached hydrogens (tertiary/aromatic N) is 4. The first-order valence-corrected chi connectivity index (χ1v) is 11.4. The van der Waals surface area contributed by atoms with Crippen molar-refractivity contribution in [2.24, 2.45) is 0 Å². The second kappa shape index (κ2) is 8.79. The third-order valence-corrected chi connectivity index (χ3v) is 6.32. The molecule has 0 fully saturated rings. The van der Waals surface area contributed by atoms with Gasteiger partial charge in [-0.05, 0) is 43.5 Å². The standard InChI is InChI=1S/C25H23ClN6O2/c1-3-31-14-29-22-21(24(31)33)23(28-13-27-22)30-15(2)19-12-16-8-7-11-18(26)20(16)25(34)32(19)17-9-5-4-6-10-17/h4-13,15H,3,14H2,1-2H3,(H2,27,28,29,30)/t15-/m0/s1. The molecule has 1 aliphatic rings. The van der Waals surface area contributed by atoms with E-state index >= 15 is 0 Å². The Balaban J connectivity index is 1.65. The fraction of sp³-hybridized carbons (Fsp3) is 0.200. The molecule has 0 saturated heterocycles. The van der Waals surface area contributed by atoms with E-state index in [0.717, 1.165) is 11.1 Å². The third kappa shape index (κ3) is 3.66. The van der Waals surface area contributed by atoms with E-state index < -0.39 is 0 Å². The molecule has 0 radical (unpaired) electrons. The molecule has 0 spiro atoms. The average Bonchev–Trinajstić information content (AvgIpc) is 2.84. The van der Waals surface area contributed by atoms with Crippen LogP contribution in [0.4, 0.5) is 11.6 Å². The number of hydrogen-bond donors (Lipinski definition) is 2. The molecule has 1 aliphatic heterocycles. The quantitative estimate of drug-likeness (QED) is 0.444. The van der Waals surface area contributed by atoms with Crippen molar-refractivity contribution in [2.45, 2.75) is 19.9 Å². The number of benzene rings is 2. The highest BCUT2D eigenvalue weighted by atomic mass is 35.5. The van der Waals surface area contributed by atoms with Crippen LogP contribution in [0.5, 0.6) is 0 Å². The minimum Gasteiger partial charge on any atom is -0.361 e. The summed E-state index contributed by atoms with van der Waals surface area (Å²) < 4.78 is 1.65. The summed E-state index contributed by atoms with van der Waals surface area (Å²) in [7, 11) is 0. The second-order valence-corrected chi connectivity index (χ2v) is 8.46. The Morgan fingerprint density at radius 1 is 1.12 bits per heavy atom. The highest BCUT2D eigenvalue weighted by Gasteiger charge is 2.29. The van der Waals surface area contributed by atoms with E-state index in [4.69, 9.17) is 11.6 Å². The lowest BCUT2D eigenvalue weighted by Gasteiger charge is -2.29. The SMILES string of the molecule is CCN1CNc2ncnc(N[C@@H](C)c3cc4cccc(Cl)c4c(=O)n3-c3ccccc3)c2C1=O. The molecule has 1 amide bonds. The maximum absolute atomic E-state index is 13.6. The number of hydrogen-bond acceptors (Lipinski definition) is 6. The van der Waals surface area contributed by atoms with Gasteiger partial charge in [-0.2, -0.15) is 0 Å². The molecule has 34 heavy (non-hydrogen) atoms. The molecule has 0 bridgehead atoms. The van der Waals surface area contributed by atoms with Gasteiger partial charge >= 0.3 is 0 Å². The number of nitrogens with one attached hydrogen (secondary N) is 2. The average molecular weight is 475 g/mol. The Kier molecular flexibility index (Phi) is 5.67. The molecule has 1 atom stereocenters. The number of halogens is 1. The summed E-state index contributed by atoms with van der Waals surface area (Å²) in [6.45, 7) is 4.81. The van der Waals surface area contributed by atoms with Gasteiger partial charge in [-0.1, -0.05) is 41.9 Å². The topological polar surface area (TPSA) is 92.2 Å². The van der Waals surface area contributed by atoms with Crippen LogP contribution in [0.1, 0.15) is 35.9 Å². The lowest BCUT2D eigenvalue weighted by Crippen LogP contribution is -2.40. The largest absolute Gasteiger partial charge is 0.361 e. The number of anilines is 2. The number of carbonyl (C=O) groups is 1. The lowest BCUT2D eigenvalue weighted by atomic mass is 10.1. The zero-order valence-corrected chi connectivity index (χ0v) is 19.5. The van der Waals surface area contributed by atoms with E-state index in [2.05, 4.69) is 20.6 Å². The molecule has 0 saturated carbocycles. The van der Waals surface area contributed by atoms with Crippen LogP contribution < -0.4 is 16.2 Å². The smallest absolute Gasteiger partial charge is 0.264 e. The number of pyridine rings is 1. The molecule has 2 aromatic carbocycles. The Labute approximate surface area is 201 Å². The number of para-hydroxylation sites is 1. The van der Waals surface area contributed by atoms with Crippen LogP contribution in [0.25, 0.3) is 16.5 Å². The van der Waals surface area contributed by atoms with Crippen LogP contribution in [-0.2, 0) is 0 Å². The van der Waals surface area contributed by atoms with Gasteiger partial charge in [0.15, 0.2) is 0 Å². The molecule has 0 aliphatic carbocycles. The highest BCUT2D eigenvalue weighted by Crippen LogP contribution is 2.30. The molecule has 3 heterocycles. The number of fused-ring (bicyclic) bond motifs is 2. The fourth-order valence-electron chi connectivity index (χ4n) is 4.27. The van der Waals surface area contributed by atoms with E-state index in [9.17, 15) is 9.59 Å². The Morgan fingerprint density at radius 3 is 2.68 bits per heavy atom. The minimum atomic E-state index is -0.375. The maximum Gasteiger partial charge on any atom is 0.264 e. The zero-order valence-electron chi connectivity index (χ0n) is 18.7. The van der Waals surface area contributed by atoms with E-state index in [1.54, 1.807) is 15.5 Å². The monoisotopic (exact) mass is 474 g/mol. The first-order chi connectivity index (χ1) is 16.5. The van der Waals surface area contributed by atoms with Gasteiger partial charge < -0.3 is 15.5 Å². The van der Waals surface area contributed by atoms with Gasteiger partial charge in [0.05, 0.1) is 23.1 Å². The molecule has 2 aromatic heterocycles. The van der Waals surface area contributed by atoms with Gasteiger partial charge in [0.2, 0.25) is 0 Å². The first kappa shape index (κ1) is 21.9. The summed E-state index contributed by atoms with van der Waals surface area (Å²) in [6, 6.07) is 16.4. The molecule has 8 nitrogen and oxygen atoms in total. The predicted octanol–water partition coefficient (Wildman–Crippen LogP) is 4.45. The van der Waals surface area contributed by atoms with Gasteiger partial charge in [0.1, 0.15) is 23.5 Å². The predicted molar refractivity (Wildman–Crippen MR) is 134 cm³/mol. The normalized spacial score (nSPS) is 14.0.